The van der Waals surface area contributed by atoms with Gasteiger partial charge in [0.2, 0.25) is 0 Å². The molecule has 0 aliphatic heterocycles. The molecule has 230 valence electrons. The fourth-order valence-electron chi connectivity index (χ4n) is 7.21. The minimum Gasteiger partial charge on any atom is -0.465 e. The zero-order valence-electron chi connectivity index (χ0n) is 26.0. The van der Waals surface area contributed by atoms with Crippen LogP contribution in [0.4, 0.5) is 0 Å². The van der Waals surface area contributed by atoms with Crippen molar-refractivity contribution in [2.24, 2.45) is 29.1 Å². The van der Waals surface area contributed by atoms with Crippen molar-refractivity contribution in [1.82, 2.24) is 0 Å². The third-order valence-electron chi connectivity index (χ3n) is 8.83. The van der Waals surface area contributed by atoms with E-state index in [1.165, 1.54) is 51.4 Å². The Labute approximate surface area is 245 Å². The first kappa shape index (κ1) is 34.6. The van der Waals surface area contributed by atoms with Gasteiger partial charge >= 0.3 is 11.9 Å². The molecule has 0 aromatic carbocycles. The topological polar surface area (TPSA) is 72.8 Å². The number of aliphatic hydroxyl groups is 1. The maximum atomic E-state index is 12.7. The molecule has 5 heteroatoms. The van der Waals surface area contributed by atoms with E-state index in [-0.39, 0.29) is 43.1 Å². The lowest BCUT2D eigenvalue weighted by Gasteiger charge is -2.49. The fourth-order valence-corrected chi connectivity index (χ4v) is 7.21. The van der Waals surface area contributed by atoms with Crippen LogP contribution in [0.1, 0.15) is 136 Å². The first-order valence-electron chi connectivity index (χ1n) is 16.6. The number of esters is 2. The molecule has 0 amide bonds. The van der Waals surface area contributed by atoms with E-state index in [2.05, 4.69) is 45.1 Å². The molecule has 2 rings (SSSR count). The largest absolute Gasteiger partial charge is 0.465 e. The molecule has 2 aliphatic rings. The molecule has 5 nitrogen and oxygen atoms in total. The Morgan fingerprint density at radius 3 is 2.00 bits per heavy atom. The zero-order valence-corrected chi connectivity index (χ0v) is 26.0. The summed E-state index contributed by atoms with van der Waals surface area (Å²) < 4.78 is 11.0. The summed E-state index contributed by atoms with van der Waals surface area (Å²) >= 11 is 0. The Hall–Kier alpha value is -1.62. The lowest BCUT2D eigenvalue weighted by molar-refractivity contribution is -0.153. The van der Waals surface area contributed by atoms with Crippen molar-refractivity contribution in [2.45, 2.75) is 136 Å². The summed E-state index contributed by atoms with van der Waals surface area (Å²) in [4.78, 5) is 24.9. The van der Waals surface area contributed by atoms with Gasteiger partial charge in [0.15, 0.2) is 0 Å². The average Bonchev–Trinajstić information content (AvgIpc) is 2.89. The van der Waals surface area contributed by atoms with Crippen molar-refractivity contribution in [2.75, 3.05) is 19.8 Å². The second-order valence-corrected chi connectivity index (χ2v) is 13.2. The summed E-state index contributed by atoms with van der Waals surface area (Å²) in [5, 5.41) is 9.71. The SMILES string of the molecule is CCCCC/C=C\C/C=C\CCCCCCCC(=O)OCC(CO)COC(=O)CC12CC(C)CC(CC(C)C1)C2. The van der Waals surface area contributed by atoms with Gasteiger partial charge in [-0.05, 0) is 93.8 Å². The molecule has 0 radical (unpaired) electrons. The molecule has 2 bridgehead atoms. The normalized spacial score (nSPS) is 25.4. The number of aliphatic hydroxyl groups excluding tert-OH is 1. The Bertz CT molecular complexity index is 737. The number of hydrogen-bond acceptors (Lipinski definition) is 5. The Kier molecular flexibility index (Phi) is 17.5. The highest BCUT2D eigenvalue weighted by molar-refractivity contribution is 5.70. The number of allylic oxidation sites excluding steroid dienone is 4. The van der Waals surface area contributed by atoms with E-state index in [4.69, 9.17) is 9.47 Å². The van der Waals surface area contributed by atoms with Crippen LogP contribution in [-0.2, 0) is 19.1 Å². The van der Waals surface area contributed by atoms with Gasteiger partial charge in [0, 0.05) is 6.42 Å². The van der Waals surface area contributed by atoms with Gasteiger partial charge < -0.3 is 14.6 Å². The number of fused-ring (bicyclic) bond motifs is 2. The van der Waals surface area contributed by atoms with E-state index in [9.17, 15) is 14.7 Å². The summed E-state index contributed by atoms with van der Waals surface area (Å²) in [6, 6.07) is 0. The van der Waals surface area contributed by atoms with E-state index in [0.29, 0.717) is 24.7 Å². The Morgan fingerprint density at radius 2 is 1.38 bits per heavy atom. The second kappa shape index (κ2) is 20.3. The number of unbranched alkanes of at least 4 members (excludes halogenated alkanes) is 8. The van der Waals surface area contributed by atoms with Crippen LogP contribution in [0.5, 0.6) is 0 Å². The summed E-state index contributed by atoms with van der Waals surface area (Å²) in [6.07, 6.45) is 28.6. The van der Waals surface area contributed by atoms with E-state index in [0.717, 1.165) is 57.3 Å². The monoisotopic (exact) mass is 560 g/mol. The molecule has 1 N–H and O–H groups in total. The van der Waals surface area contributed by atoms with Crippen LogP contribution in [0.2, 0.25) is 0 Å². The van der Waals surface area contributed by atoms with Crippen molar-refractivity contribution in [3.63, 3.8) is 0 Å². The Morgan fingerprint density at radius 1 is 0.800 bits per heavy atom. The number of rotatable bonds is 21. The van der Waals surface area contributed by atoms with Crippen molar-refractivity contribution in [3.05, 3.63) is 24.3 Å². The first-order chi connectivity index (χ1) is 19.4. The number of carbonyl (C=O) groups is 2. The third-order valence-corrected chi connectivity index (χ3v) is 8.83. The summed E-state index contributed by atoms with van der Waals surface area (Å²) in [7, 11) is 0. The van der Waals surface area contributed by atoms with E-state index < -0.39 is 0 Å². The predicted octanol–water partition coefficient (Wildman–Crippen LogP) is 8.74. The average molecular weight is 561 g/mol. The smallest absolute Gasteiger partial charge is 0.306 e. The van der Waals surface area contributed by atoms with Crippen LogP contribution in [0, 0.1) is 29.1 Å². The zero-order chi connectivity index (χ0) is 29.1. The quantitative estimate of drug-likeness (QED) is 0.0863. The van der Waals surface area contributed by atoms with E-state index in [1.807, 2.05) is 0 Å². The van der Waals surface area contributed by atoms with Gasteiger partial charge in [0.1, 0.15) is 0 Å². The van der Waals surface area contributed by atoms with Crippen molar-refractivity contribution < 1.29 is 24.2 Å². The summed E-state index contributed by atoms with van der Waals surface area (Å²) in [6.45, 7) is 6.91. The minimum absolute atomic E-state index is 0.0831. The van der Waals surface area contributed by atoms with Crippen LogP contribution >= 0.6 is 0 Å². The molecule has 3 unspecified atom stereocenters. The lowest BCUT2D eigenvalue weighted by Crippen LogP contribution is -2.41. The highest BCUT2D eigenvalue weighted by atomic mass is 16.5. The molecular formula is C35H60O5. The molecule has 0 aromatic rings. The van der Waals surface area contributed by atoms with E-state index in [1.54, 1.807) is 0 Å². The maximum Gasteiger partial charge on any atom is 0.306 e. The minimum atomic E-state index is -0.363. The highest BCUT2D eigenvalue weighted by Crippen LogP contribution is 2.54. The van der Waals surface area contributed by atoms with Crippen molar-refractivity contribution in [1.29, 1.82) is 0 Å². The van der Waals surface area contributed by atoms with Crippen LogP contribution in [0.15, 0.2) is 24.3 Å². The van der Waals surface area contributed by atoms with Gasteiger partial charge in [-0.2, -0.15) is 0 Å². The number of ether oxygens (including phenoxy) is 2. The van der Waals surface area contributed by atoms with Crippen LogP contribution in [0.3, 0.4) is 0 Å². The molecule has 2 saturated carbocycles. The third kappa shape index (κ3) is 14.8. The van der Waals surface area contributed by atoms with Gasteiger partial charge in [0.25, 0.3) is 0 Å². The van der Waals surface area contributed by atoms with Crippen LogP contribution in [-0.4, -0.2) is 36.9 Å². The predicted molar refractivity (Wildman–Crippen MR) is 164 cm³/mol. The van der Waals surface area contributed by atoms with Gasteiger partial charge in [-0.25, -0.2) is 0 Å². The summed E-state index contributed by atoms with van der Waals surface area (Å²) in [5.74, 6) is 1.32. The molecule has 0 saturated heterocycles. The fraction of sp³-hybridized carbons (Fsp3) is 0.829. The van der Waals surface area contributed by atoms with Crippen molar-refractivity contribution in [3.8, 4) is 0 Å². The van der Waals surface area contributed by atoms with E-state index >= 15 is 0 Å². The molecule has 0 heterocycles. The molecular weight excluding hydrogens is 500 g/mol. The highest BCUT2D eigenvalue weighted by Gasteiger charge is 2.45. The number of hydrogen-bond donors (Lipinski definition) is 1. The van der Waals surface area contributed by atoms with Crippen LogP contribution < -0.4 is 0 Å². The van der Waals surface area contributed by atoms with Crippen LogP contribution in [0.25, 0.3) is 0 Å². The van der Waals surface area contributed by atoms with Gasteiger partial charge in [-0.3, -0.25) is 9.59 Å². The maximum absolute atomic E-state index is 12.7. The first-order valence-corrected chi connectivity index (χ1v) is 16.6. The van der Waals surface area contributed by atoms with Gasteiger partial charge in [-0.15, -0.1) is 0 Å². The molecule has 2 fully saturated rings. The molecule has 0 spiro atoms. The van der Waals surface area contributed by atoms with Gasteiger partial charge in [-0.1, -0.05) is 77.2 Å². The standard InChI is InChI=1S/C35H60O5/c1-4-5-6-7-8-9-10-11-12-13-14-15-16-17-18-19-33(37)39-27-32(26-36)28-40-34(38)25-35-22-29(2)20-31(24-35)21-30(3)23-35/h8-9,11-12,29-32,36H,4-7,10,13-28H2,1-3H3/b9-8-,12-11-. The second-order valence-electron chi connectivity index (χ2n) is 13.2. The summed E-state index contributed by atoms with van der Waals surface area (Å²) in [5.41, 5.74) is 0.0831. The molecule has 0 aromatic heterocycles. The molecule has 2 aliphatic carbocycles. The van der Waals surface area contributed by atoms with Gasteiger partial charge in [0.05, 0.1) is 32.2 Å². The molecule has 40 heavy (non-hydrogen) atoms. The molecule has 3 atom stereocenters. The number of carbonyl (C=O) groups excluding carboxylic acids is 2. The Balaban J connectivity index is 1.48. The van der Waals surface area contributed by atoms with Crippen molar-refractivity contribution >= 4 is 11.9 Å². The lowest BCUT2D eigenvalue weighted by atomic mass is 9.56.